The van der Waals surface area contributed by atoms with E-state index in [4.69, 9.17) is 10.5 Å². The van der Waals surface area contributed by atoms with Gasteiger partial charge in [0, 0.05) is 38.1 Å². The number of methoxy groups -OCH3 is 1. The fourth-order valence-corrected chi connectivity index (χ4v) is 4.74. The SMILES string of the molecule is COCC1(C(N)CC(=O)N2CCn3c(nnc3C(F)(F)F)C2)CCc2cc(F)c(F)cc21. The summed E-state index contributed by atoms with van der Waals surface area (Å²) in [6.45, 7) is -0.0484. The monoisotopic (exact) mass is 459 g/mol. The quantitative estimate of drug-likeness (QED) is 0.693. The zero-order valence-corrected chi connectivity index (χ0v) is 17.3. The van der Waals surface area contributed by atoms with E-state index in [1.165, 1.54) is 12.0 Å². The van der Waals surface area contributed by atoms with Crippen LogP contribution in [0, 0.1) is 11.6 Å². The summed E-state index contributed by atoms with van der Waals surface area (Å²) < 4.78 is 73.0. The lowest BCUT2D eigenvalue weighted by Crippen LogP contribution is -2.51. The molecule has 0 radical (unpaired) electrons. The van der Waals surface area contributed by atoms with Crippen LogP contribution in [0.5, 0.6) is 0 Å². The van der Waals surface area contributed by atoms with E-state index >= 15 is 0 Å². The van der Waals surface area contributed by atoms with E-state index in [2.05, 4.69) is 10.2 Å². The molecule has 0 fully saturated rings. The molecule has 7 nitrogen and oxygen atoms in total. The molecular formula is C20H22F5N5O2. The predicted octanol–water partition coefficient (Wildman–Crippen LogP) is 2.17. The smallest absolute Gasteiger partial charge is 0.384 e. The summed E-state index contributed by atoms with van der Waals surface area (Å²) in [4.78, 5) is 14.3. The summed E-state index contributed by atoms with van der Waals surface area (Å²) in [5.74, 6) is -3.36. The standard InChI is InChI=1S/C20H22F5N5O2/c1-32-10-19(3-2-11-6-13(21)14(22)7-12(11)19)15(26)8-17(31)29-4-5-30-16(9-29)27-28-18(30)20(23,24)25/h6-7,15H,2-5,8-10,26H2,1H3. The van der Waals surface area contributed by atoms with Crippen LogP contribution >= 0.6 is 0 Å². The van der Waals surface area contributed by atoms with Crippen LogP contribution in [-0.2, 0) is 40.6 Å². The van der Waals surface area contributed by atoms with Crippen molar-refractivity contribution < 1.29 is 31.5 Å². The van der Waals surface area contributed by atoms with Gasteiger partial charge in [0.05, 0.1) is 13.2 Å². The highest BCUT2D eigenvalue weighted by atomic mass is 19.4. The van der Waals surface area contributed by atoms with Crippen molar-refractivity contribution in [3.63, 3.8) is 0 Å². The van der Waals surface area contributed by atoms with Gasteiger partial charge < -0.3 is 19.9 Å². The van der Waals surface area contributed by atoms with Crippen molar-refractivity contribution in [1.82, 2.24) is 19.7 Å². The molecule has 12 heteroatoms. The van der Waals surface area contributed by atoms with E-state index < -0.39 is 35.1 Å². The first-order valence-electron chi connectivity index (χ1n) is 10.1. The second kappa shape index (κ2) is 8.07. The van der Waals surface area contributed by atoms with Gasteiger partial charge in [-0.1, -0.05) is 0 Å². The topological polar surface area (TPSA) is 86.3 Å². The third-order valence-electron chi connectivity index (χ3n) is 6.39. The minimum Gasteiger partial charge on any atom is -0.384 e. The maximum atomic E-state index is 14.0. The second-order valence-electron chi connectivity index (χ2n) is 8.23. The number of aryl methyl sites for hydroxylation is 1. The molecule has 2 unspecified atom stereocenters. The Labute approximate surface area is 180 Å². The van der Waals surface area contributed by atoms with E-state index in [0.717, 1.165) is 16.7 Å². The van der Waals surface area contributed by atoms with Crippen molar-refractivity contribution in [2.45, 2.75) is 50.0 Å². The third kappa shape index (κ3) is 3.75. The Kier molecular flexibility index (Phi) is 5.70. The molecule has 1 amide bonds. The number of nitrogens with zero attached hydrogens (tertiary/aromatic N) is 4. The molecule has 1 aliphatic carbocycles. The molecule has 0 bridgehead atoms. The highest BCUT2D eigenvalue weighted by molar-refractivity contribution is 5.77. The van der Waals surface area contributed by atoms with Crippen molar-refractivity contribution in [3.05, 3.63) is 46.5 Å². The fraction of sp³-hybridized carbons (Fsp3) is 0.550. The number of hydrogen-bond donors (Lipinski definition) is 1. The first-order chi connectivity index (χ1) is 15.1. The Morgan fingerprint density at radius 3 is 2.66 bits per heavy atom. The summed E-state index contributed by atoms with van der Waals surface area (Å²) in [7, 11) is 1.46. The van der Waals surface area contributed by atoms with Crippen molar-refractivity contribution in [1.29, 1.82) is 0 Å². The summed E-state index contributed by atoms with van der Waals surface area (Å²) in [6, 6.07) is 1.49. The van der Waals surface area contributed by atoms with Crippen molar-refractivity contribution >= 4 is 5.91 Å². The van der Waals surface area contributed by atoms with Gasteiger partial charge in [-0.3, -0.25) is 4.79 Å². The lowest BCUT2D eigenvalue weighted by atomic mass is 9.74. The predicted molar refractivity (Wildman–Crippen MR) is 101 cm³/mol. The molecule has 32 heavy (non-hydrogen) atoms. The molecule has 4 rings (SSSR count). The van der Waals surface area contributed by atoms with Crippen molar-refractivity contribution in [3.8, 4) is 0 Å². The minimum absolute atomic E-state index is 0.0425. The lowest BCUT2D eigenvalue weighted by Gasteiger charge is -2.37. The Bertz CT molecular complexity index is 1040. The summed E-state index contributed by atoms with van der Waals surface area (Å²) in [6.07, 6.45) is -3.85. The van der Waals surface area contributed by atoms with E-state index in [-0.39, 0.29) is 44.4 Å². The maximum absolute atomic E-state index is 14.0. The van der Waals surface area contributed by atoms with Gasteiger partial charge in [-0.2, -0.15) is 13.2 Å². The average Bonchev–Trinajstić information content (AvgIpc) is 3.31. The molecule has 2 aliphatic rings. The molecule has 0 saturated carbocycles. The highest BCUT2D eigenvalue weighted by Gasteiger charge is 2.46. The van der Waals surface area contributed by atoms with E-state index in [1.807, 2.05) is 0 Å². The van der Waals surface area contributed by atoms with Crippen molar-refractivity contribution in [2.24, 2.45) is 5.73 Å². The Hall–Kier alpha value is -2.60. The highest BCUT2D eigenvalue weighted by Crippen LogP contribution is 2.43. The number of amides is 1. The van der Waals surface area contributed by atoms with Gasteiger partial charge in [-0.15, -0.1) is 10.2 Å². The molecule has 1 aliphatic heterocycles. The van der Waals surface area contributed by atoms with Crippen LogP contribution in [0.15, 0.2) is 12.1 Å². The molecule has 2 N–H and O–H groups in total. The second-order valence-corrected chi connectivity index (χ2v) is 8.23. The van der Waals surface area contributed by atoms with Crippen LogP contribution in [0.2, 0.25) is 0 Å². The zero-order valence-electron chi connectivity index (χ0n) is 17.3. The number of alkyl halides is 3. The van der Waals surface area contributed by atoms with Gasteiger partial charge in [-0.05, 0) is 36.1 Å². The number of ether oxygens (including phenoxy) is 1. The molecule has 0 spiro atoms. The molecular weight excluding hydrogens is 437 g/mol. The van der Waals surface area contributed by atoms with Crippen molar-refractivity contribution in [2.75, 3.05) is 20.3 Å². The zero-order chi connectivity index (χ0) is 23.3. The number of rotatable bonds is 5. The Balaban J connectivity index is 1.53. The molecule has 1 aromatic carbocycles. The van der Waals surface area contributed by atoms with Gasteiger partial charge in [0.25, 0.3) is 0 Å². The van der Waals surface area contributed by atoms with Gasteiger partial charge in [-0.25, -0.2) is 8.78 Å². The van der Waals surface area contributed by atoms with E-state index in [1.54, 1.807) is 0 Å². The van der Waals surface area contributed by atoms with Gasteiger partial charge in [0.15, 0.2) is 17.5 Å². The van der Waals surface area contributed by atoms with Crippen LogP contribution in [-0.4, -0.2) is 51.9 Å². The summed E-state index contributed by atoms with van der Waals surface area (Å²) >= 11 is 0. The molecule has 2 aromatic rings. The number of fused-ring (bicyclic) bond motifs is 2. The maximum Gasteiger partial charge on any atom is 0.451 e. The molecule has 2 atom stereocenters. The number of aromatic nitrogens is 3. The first kappa shape index (κ1) is 22.6. The normalized spacial score (nSPS) is 21.4. The first-order valence-corrected chi connectivity index (χ1v) is 10.1. The van der Waals surface area contributed by atoms with Gasteiger partial charge in [0.2, 0.25) is 11.7 Å². The van der Waals surface area contributed by atoms with Gasteiger partial charge in [0.1, 0.15) is 0 Å². The molecule has 1 aromatic heterocycles. The van der Waals surface area contributed by atoms with Crippen LogP contribution in [0.1, 0.15) is 35.6 Å². The van der Waals surface area contributed by atoms with Crippen LogP contribution in [0.3, 0.4) is 0 Å². The van der Waals surface area contributed by atoms with Crippen LogP contribution in [0.4, 0.5) is 22.0 Å². The molecule has 2 heterocycles. The number of hydrogen-bond acceptors (Lipinski definition) is 5. The van der Waals surface area contributed by atoms with Crippen LogP contribution in [0.25, 0.3) is 0 Å². The van der Waals surface area contributed by atoms with E-state index in [9.17, 15) is 26.7 Å². The van der Waals surface area contributed by atoms with Gasteiger partial charge >= 0.3 is 6.18 Å². The van der Waals surface area contributed by atoms with Crippen LogP contribution < -0.4 is 5.73 Å². The number of carbonyl (C=O) groups is 1. The third-order valence-corrected chi connectivity index (χ3v) is 6.39. The number of benzene rings is 1. The van der Waals surface area contributed by atoms with E-state index in [0.29, 0.717) is 24.0 Å². The molecule has 0 saturated heterocycles. The number of halogens is 5. The Morgan fingerprint density at radius 2 is 1.97 bits per heavy atom. The Morgan fingerprint density at radius 1 is 1.25 bits per heavy atom. The largest absolute Gasteiger partial charge is 0.451 e. The minimum atomic E-state index is -4.63. The summed E-state index contributed by atoms with van der Waals surface area (Å²) in [5, 5.41) is 6.78. The molecule has 174 valence electrons. The fourth-order valence-electron chi connectivity index (χ4n) is 4.74. The number of nitrogens with two attached hydrogens (primary N) is 1. The summed E-state index contributed by atoms with van der Waals surface area (Å²) in [5.41, 5.74) is 6.70. The average molecular weight is 459 g/mol. The lowest BCUT2D eigenvalue weighted by molar-refractivity contribution is -0.148. The number of carbonyl (C=O) groups excluding carboxylic acids is 1.